The molecule has 0 radical (unpaired) electrons. The molecule has 106 valence electrons. The van der Waals surface area contributed by atoms with Gasteiger partial charge in [0.05, 0.1) is 0 Å². The molecule has 0 aromatic heterocycles. The second-order valence-corrected chi connectivity index (χ2v) is 5.14. The molecule has 0 aliphatic carbocycles. The van der Waals surface area contributed by atoms with E-state index in [9.17, 15) is 5.11 Å². The van der Waals surface area contributed by atoms with E-state index in [2.05, 4.69) is 4.90 Å². The quantitative estimate of drug-likeness (QED) is 0.815. The van der Waals surface area contributed by atoms with E-state index in [0.29, 0.717) is 19.7 Å². The summed E-state index contributed by atoms with van der Waals surface area (Å²) >= 11 is 0. The number of hydrogen-bond donors (Lipinski definition) is 2. The summed E-state index contributed by atoms with van der Waals surface area (Å²) in [6, 6.07) is 7.72. The number of hydrogen-bond acceptors (Lipinski definition) is 4. The van der Waals surface area contributed by atoms with Gasteiger partial charge in [0, 0.05) is 18.7 Å². The Labute approximate surface area is 115 Å². The van der Waals surface area contributed by atoms with E-state index in [0.717, 1.165) is 24.4 Å². The van der Waals surface area contributed by atoms with Crippen molar-refractivity contribution < 1.29 is 9.84 Å². The molecule has 0 saturated carbocycles. The van der Waals surface area contributed by atoms with E-state index < -0.39 is 6.10 Å². The molecule has 0 bridgehead atoms. The molecule has 1 fully saturated rings. The van der Waals surface area contributed by atoms with E-state index in [1.54, 1.807) is 0 Å². The Kier molecular flexibility index (Phi) is 5.63. The van der Waals surface area contributed by atoms with E-state index in [-0.39, 0.29) is 0 Å². The number of aliphatic hydroxyl groups is 1. The fourth-order valence-corrected chi connectivity index (χ4v) is 2.49. The largest absolute Gasteiger partial charge is 0.491 e. The molecule has 0 amide bonds. The van der Waals surface area contributed by atoms with Crippen molar-refractivity contribution >= 4 is 0 Å². The third-order valence-electron chi connectivity index (χ3n) is 3.54. The zero-order valence-corrected chi connectivity index (χ0v) is 11.4. The first kappa shape index (κ1) is 14.3. The number of aliphatic hydroxyl groups excluding tert-OH is 1. The third kappa shape index (κ3) is 4.49. The minimum atomic E-state index is -0.441. The predicted molar refractivity (Wildman–Crippen MR) is 76.1 cm³/mol. The second kappa shape index (κ2) is 7.48. The van der Waals surface area contributed by atoms with Crippen molar-refractivity contribution in [3.05, 3.63) is 29.8 Å². The molecule has 1 unspecified atom stereocenters. The highest BCUT2D eigenvalue weighted by atomic mass is 16.5. The van der Waals surface area contributed by atoms with Crippen LogP contribution in [0.25, 0.3) is 0 Å². The average Bonchev–Trinajstić information content (AvgIpc) is 2.46. The molecule has 3 N–H and O–H groups in total. The number of β-amino-alcohol motifs (C(OH)–C–C–N with tert-alkyl or cyclic N) is 1. The zero-order chi connectivity index (χ0) is 13.5. The monoisotopic (exact) mass is 264 g/mol. The molecule has 1 aliphatic heterocycles. The van der Waals surface area contributed by atoms with Gasteiger partial charge in [0.25, 0.3) is 0 Å². The van der Waals surface area contributed by atoms with Gasteiger partial charge in [-0.3, -0.25) is 0 Å². The van der Waals surface area contributed by atoms with Crippen LogP contribution in [0, 0.1) is 0 Å². The minimum Gasteiger partial charge on any atom is -0.491 e. The van der Waals surface area contributed by atoms with Crippen molar-refractivity contribution in [3.63, 3.8) is 0 Å². The summed E-state index contributed by atoms with van der Waals surface area (Å²) in [7, 11) is 0. The molecular formula is C15H24N2O2. The molecule has 4 nitrogen and oxygen atoms in total. The van der Waals surface area contributed by atoms with Gasteiger partial charge < -0.3 is 20.5 Å². The van der Waals surface area contributed by atoms with Crippen LogP contribution in [0.2, 0.25) is 0 Å². The molecule has 1 atom stereocenters. The van der Waals surface area contributed by atoms with Crippen molar-refractivity contribution in [2.24, 2.45) is 5.73 Å². The van der Waals surface area contributed by atoms with E-state index in [1.807, 2.05) is 24.3 Å². The molecule has 1 saturated heterocycles. The molecule has 0 spiro atoms. The number of para-hydroxylation sites is 1. The Balaban J connectivity index is 1.77. The molecule has 1 aromatic carbocycles. The summed E-state index contributed by atoms with van der Waals surface area (Å²) in [6.45, 7) is 3.67. The Morgan fingerprint density at radius 1 is 1.21 bits per heavy atom. The predicted octanol–water partition coefficient (Wildman–Crippen LogP) is 1.37. The summed E-state index contributed by atoms with van der Waals surface area (Å²) in [5.74, 6) is 0.780. The molecule has 1 aromatic rings. The average molecular weight is 264 g/mol. The topological polar surface area (TPSA) is 58.7 Å². The zero-order valence-electron chi connectivity index (χ0n) is 11.4. The van der Waals surface area contributed by atoms with Crippen LogP contribution in [0.4, 0.5) is 0 Å². The summed E-state index contributed by atoms with van der Waals surface area (Å²) in [5.41, 5.74) is 6.64. The van der Waals surface area contributed by atoms with Crippen LogP contribution in [0.3, 0.4) is 0 Å². The lowest BCUT2D eigenvalue weighted by atomic mass is 10.1. The Bertz CT molecular complexity index is 378. The van der Waals surface area contributed by atoms with Crippen molar-refractivity contribution in [3.8, 4) is 5.75 Å². The Morgan fingerprint density at radius 2 is 1.95 bits per heavy atom. The second-order valence-electron chi connectivity index (χ2n) is 5.14. The number of rotatable bonds is 6. The number of nitrogens with two attached hydrogens (primary N) is 1. The van der Waals surface area contributed by atoms with Gasteiger partial charge in [0.1, 0.15) is 18.5 Å². The number of ether oxygens (including phenoxy) is 1. The van der Waals surface area contributed by atoms with Crippen LogP contribution in [0.1, 0.15) is 24.8 Å². The normalized spacial score (nSPS) is 18.2. The van der Waals surface area contributed by atoms with Crippen LogP contribution in [0.15, 0.2) is 24.3 Å². The fourth-order valence-electron chi connectivity index (χ4n) is 2.49. The van der Waals surface area contributed by atoms with E-state index >= 15 is 0 Å². The maximum atomic E-state index is 10.0. The van der Waals surface area contributed by atoms with Gasteiger partial charge in [-0.15, -0.1) is 0 Å². The highest BCUT2D eigenvalue weighted by molar-refractivity contribution is 5.32. The van der Waals surface area contributed by atoms with Crippen molar-refractivity contribution in [2.75, 3.05) is 26.2 Å². The number of nitrogens with zero attached hydrogens (tertiary/aromatic N) is 1. The van der Waals surface area contributed by atoms with E-state index in [4.69, 9.17) is 10.5 Å². The van der Waals surface area contributed by atoms with Crippen molar-refractivity contribution in [1.29, 1.82) is 0 Å². The standard InChI is InChI=1S/C15H24N2O2/c16-10-13-6-2-3-7-15(13)19-12-14(18)11-17-8-4-1-5-9-17/h2-3,6-7,14,18H,1,4-5,8-12,16H2. The number of benzene rings is 1. The summed E-state index contributed by atoms with van der Waals surface area (Å²) < 4.78 is 5.67. The van der Waals surface area contributed by atoms with Crippen LogP contribution in [-0.4, -0.2) is 42.4 Å². The fraction of sp³-hybridized carbons (Fsp3) is 0.600. The highest BCUT2D eigenvalue weighted by Crippen LogP contribution is 2.17. The lowest BCUT2D eigenvalue weighted by Crippen LogP contribution is -2.38. The van der Waals surface area contributed by atoms with Crippen LogP contribution >= 0.6 is 0 Å². The van der Waals surface area contributed by atoms with E-state index in [1.165, 1.54) is 19.3 Å². The van der Waals surface area contributed by atoms with Crippen molar-refractivity contribution in [1.82, 2.24) is 4.90 Å². The maximum absolute atomic E-state index is 10.0. The van der Waals surface area contributed by atoms with Crippen LogP contribution in [-0.2, 0) is 6.54 Å². The van der Waals surface area contributed by atoms with Gasteiger partial charge in [-0.05, 0) is 32.0 Å². The highest BCUT2D eigenvalue weighted by Gasteiger charge is 2.15. The first-order chi connectivity index (χ1) is 9.29. The maximum Gasteiger partial charge on any atom is 0.123 e. The van der Waals surface area contributed by atoms with Gasteiger partial charge >= 0.3 is 0 Å². The SMILES string of the molecule is NCc1ccccc1OCC(O)CN1CCCCC1. The van der Waals surface area contributed by atoms with Gasteiger partial charge in [-0.1, -0.05) is 24.6 Å². The lowest BCUT2D eigenvalue weighted by Gasteiger charge is -2.28. The first-order valence-corrected chi connectivity index (χ1v) is 7.11. The van der Waals surface area contributed by atoms with Gasteiger partial charge in [0.15, 0.2) is 0 Å². The molecule has 4 heteroatoms. The van der Waals surface area contributed by atoms with Gasteiger partial charge in [-0.25, -0.2) is 0 Å². The Morgan fingerprint density at radius 3 is 2.68 bits per heavy atom. The smallest absolute Gasteiger partial charge is 0.123 e. The Hall–Kier alpha value is -1.10. The van der Waals surface area contributed by atoms with Crippen LogP contribution < -0.4 is 10.5 Å². The van der Waals surface area contributed by atoms with Gasteiger partial charge in [0.2, 0.25) is 0 Å². The molecule has 2 rings (SSSR count). The lowest BCUT2D eigenvalue weighted by molar-refractivity contribution is 0.0614. The number of likely N-dealkylation sites (tertiary alicyclic amines) is 1. The summed E-state index contributed by atoms with van der Waals surface area (Å²) in [5, 5.41) is 10.0. The van der Waals surface area contributed by atoms with Gasteiger partial charge in [-0.2, -0.15) is 0 Å². The summed E-state index contributed by atoms with van der Waals surface area (Å²) in [6.07, 6.45) is 3.35. The molecule has 1 heterocycles. The summed E-state index contributed by atoms with van der Waals surface area (Å²) in [4.78, 5) is 2.31. The molecular weight excluding hydrogens is 240 g/mol. The minimum absolute atomic E-state index is 0.327. The van der Waals surface area contributed by atoms with Crippen molar-refractivity contribution in [2.45, 2.75) is 31.9 Å². The molecule has 1 aliphatic rings. The van der Waals surface area contributed by atoms with Crippen LogP contribution in [0.5, 0.6) is 5.75 Å². The third-order valence-corrected chi connectivity index (χ3v) is 3.54. The molecule has 19 heavy (non-hydrogen) atoms. The first-order valence-electron chi connectivity index (χ1n) is 7.11. The number of piperidine rings is 1.